The number of hydrogen-bond donors (Lipinski definition) is 2. The average Bonchev–Trinajstić information content (AvgIpc) is 3.44. The van der Waals surface area contributed by atoms with Gasteiger partial charge in [-0.05, 0) is 47.5 Å². The van der Waals surface area contributed by atoms with Gasteiger partial charge in [0.1, 0.15) is 11.4 Å². The van der Waals surface area contributed by atoms with Crippen LogP contribution in [-0.2, 0) is 6.42 Å². The van der Waals surface area contributed by atoms with Crippen molar-refractivity contribution < 1.29 is 19.0 Å². The number of pyridine rings is 1. The van der Waals surface area contributed by atoms with Crippen molar-refractivity contribution in [2.24, 2.45) is 5.41 Å². The Hall–Kier alpha value is -3.30. The molecule has 0 fully saturated rings. The number of benzene rings is 1. The molecule has 0 atom stereocenters. The largest absolute Gasteiger partial charge is 0.494 e. The molecule has 3 heterocycles. The van der Waals surface area contributed by atoms with E-state index in [0.29, 0.717) is 10.8 Å². The summed E-state index contributed by atoms with van der Waals surface area (Å²) in [4.78, 5) is 23.0. The second-order valence-electron chi connectivity index (χ2n) is 8.91. The van der Waals surface area contributed by atoms with Crippen molar-refractivity contribution in [3.63, 3.8) is 0 Å². The first-order chi connectivity index (χ1) is 16.1. The average molecular weight is 498 g/mol. The summed E-state index contributed by atoms with van der Waals surface area (Å²) in [5.41, 5.74) is 2.21. The quantitative estimate of drug-likeness (QED) is 0.283. The first-order valence-corrected chi connectivity index (χ1v) is 12.2. The molecule has 9 heteroatoms. The van der Waals surface area contributed by atoms with E-state index >= 15 is 0 Å². The monoisotopic (exact) mass is 497 g/mol. The summed E-state index contributed by atoms with van der Waals surface area (Å²) in [5, 5.41) is 15.3. The Kier molecular flexibility index (Phi) is 6.67. The Balaban J connectivity index is 1.74. The van der Waals surface area contributed by atoms with Crippen LogP contribution in [0.1, 0.15) is 36.0 Å². The molecule has 0 radical (unpaired) electrons. The van der Waals surface area contributed by atoms with E-state index < -0.39 is 11.8 Å². The minimum Gasteiger partial charge on any atom is -0.494 e. The predicted molar refractivity (Wildman–Crippen MR) is 135 cm³/mol. The summed E-state index contributed by atoms with van der Waals surface area (Å²) in [7, 11) is 1.42. The molecule has 0 aliphatic heterocycles. The van der Waals surface area contributed by atoms with Crippen LogP contribution in [0.2, 0.25) is 0 Å². The van der Waals surface area contributed by atoms with E-state index in [0.717, 1.165) is 27.3 Å². The van der Waals surface area contributed by atoms with Gasteiger partial charge >= 0.3 is 5.97 Å². The van der Waals surface area contributed by atoms with Crippen LogP contribution in [0, 0.1) is 11.2 Å². The Labute approximate surface area is 205 Å². The highest BCUT2D eigenvalue weighted by molar-refractivity contribution is 7.16. The van der Waals surface area contributed by atoms with Crippen LogP contribution in [0.4, 0.5) is 15.3 Å². The lowest BCUT2D eigenvalue weighted by Gasteiger charge is -2.17. The van der Waals surface area contributed by atoms with Gasteiger partial charge in [-0.1, -0.05) is 26.8 Å². The van der Waals surface area contributed by atoms with E-state index in [1.807, 2.05) is 17.5 Å². The van der Waals surface area contributed by atoms with Crippen LogP contribution in [0.15, 0.2) is 48.0 Å². The van der Waals surface area contributed by atoms with E-state index in [2.05, 4.69) is 31.1 Å². The number of hydrogen-bond acceptors (Lipinski definition) is 7. The lowest BCUT2D eigenvalue weighted by Crippen LogP contribution is -2.08. The van der Waals surface area contributed by atoms with Gasteiger partial charge in [-0.2, -0.15) is 0 Å². The minimum absolute atomic E-state index is 0.0184. The number of rotatable bonds is 7. The maximum absolute atomic E-state index is 14.0. The van der Waals surface area contributed by atoms with Crippen molar-refractivity contribution in [1.29, 1.82) is 0 Å². The fourth-order valence-electron chi connectivity index (χ4n) is 3.45. The SMILES string of the molecule is COc1cc(-c2nc(Nc3ncc(-c4cccs4)cc3C(=O)O)sc2CC(C)(C)C)ccc1F. The highest BCUT2D eigenvalue weighted by Crippen LogP contribution is 2.38. The smallest absolute Gasteiger partial charge is 0.339 e. The van der Waals surface area contributed by atoms with Crippen LogP contribution in [0.3, 0.4) is 0 Å². The first kappa shape index (κ1) is 23.8. The van der Waals surface area contributed by atoms with Crippen LogP contribution in [0.25, 0.3) is 21.7 Å². The molecule has 4 rings (SSSR count). The number of thiophene rings is 1. The molecule has 34 heavy (non-hydrogen) atoms. The molecule has 2 N–H and O–H groups in total. The van der Waals surface area contributed by atoms with E-state index in [4.69, 9.17) is 9.72 Å². The molecule has 0 unspecified atom stereocenters. The molecule has 0 spiro atoms. The third kappa shape index (κ3) is 5.26. The molecular weight excluding hydrogens is 473 g/mol. The molecule has 0 saturated heterocycles. The lowest BCUT2D eigenvalue weighted by molar-refractivity contribution is 0.0697. The first-order valence-electron chi connectivity index (χ1n) is 10.5. The van der Waals surface area contributed by atoms with E-state index in [-0.39, 0.29) is 22.5 Å². The van der Waals surface area contributed by atoms with E-state index in [9.17, 15) is 14.3 Å². The number of thiazole rings is 1. The van der Waals surface area contributed by atoms with Gasteiger partial charge in [-0.25, -0.2) is 19.2 Å². The third-order valence-corrected chi connectivity index (χ3v) is 6.85. The van der Waals surface area contributed by atoms with Crippen molar-refractivity contribution in [2.75, 3.05) is 12.4 Å². The molecule has 0 bridgehead atoms. The molecule has 4 aromatic rings. The lowest BCUT2D eigenvalue weighted by atomic mass is 9.90. The highest BCUT2D eigenvalue weighted by Gasteiger charge is 2.22. The summed E-state index contributed by atoms with van der Waals surface area (Å²) in [6.45, 7) is 6.38. The molecule has 0 amide bonds. The summed E-state index contributed by atoms with van der Waals surface area (Å²) >= 11 is 2.95. The van der Waals surface area contributed by atoms with Gasteiger partial charge in [0.2, 0.25) is 0 Å². The second kappa shape index (κ2) is 9.52. The Bertz CT molecular complexity index is 1330. The Morgan fingerprint density at radius 1 is 1.21 bits per heavy atom. The number of nitrogens with one attached hydrogen (secondary N) is 1. The maximum atomic E-state index is 14.0. The molecule has 3 aromatic heterocycles. The zero-order valence-corrected chi connectivity index (χ0v) is 20.8. The zero-order valence-electron chi connectivity index (χ0n) is 19.2. The summed E-state index contributed by atoms with van der Waals surface area (Å²) in [6, 6.07) is 10.1. The fraction of sp³-hybridized carbons (Fsp3) is 0.240. The van der Waals surface area contributed by atoms with Gasteiger partial charge in [-0.3, -0.25) is 0 Å². The molecule has 0 aliphatic carbocycles. The summed E-state index contributed by atoms with van der Waals surface area (Å²) in [5.74, 6) is -1.17. The van der Waals surface area contributed by atoms with Crippen molar-refractivity contribution in [3.8, 4) is 27.4 Å². The number of methoxy groups -OCH3 is 1. The van der Waals surface area contributed by atoms with Crippen molar-refractivity contribution in [1.82, 2.24) is 9.97 Å². The zero-order chi connectivity index (χ0) is 24.5. The molecular formula is C25H24FN3O3S2. The normalized spacial score (nSPS) is 11.4. The van der Waals surface area contributed by atoms with Gasteiger partial charge in [0.05, 0.1) is 12.8 Å². The molecule has 176 valence electrons. The standard InChI is InChI=1S/C25H24FN3O3S2/c1-25(2,3)12-20-21(14-7-8-17(26)18(11-14)32-4)28-24(34-20)29-22-16(23(30)31)10-15(13-27-22)19-6-5-9-33-19/h5-11,13H,12H2,1-4H3,(H,30,31)(H,27,28,29). The fourth-order valence-corrected chi connectivity index (χ4v) is 5.44. The number of anilines is 2. The van der Waals surface area contributed by atoms with Gasteiger partial charge in [0, 0.05) is 27.1 Å². The maximum Gasteiger partial charge on any atom is 0.339 e. The number of carbonyl (C=O) groups is 1. The van der Waals surface area contributed by atoms with Gasteiger partial charge in [0.15, 0.2) is 16.7 Å². The summed E-state index contributed by atoms with van der Waals surface area (Å²) in [6.07, 6.45) is 2.38. The molecule has 6 nitrogen and oxygen atoms in total. The Morgan fingerprint density at radius 3 is 2.65 bits per heavy atom. The second-order valence-corrected chi connectivity index (χ2v) is 10.9. The van der Waals surface area contributed by atoms with Crippen LogP contribution < -0.4 is 10.1 Å². The van der Waals surface area contributed by atoms with Crippen LogP contribution in [0.5, 0.6) is 5.75 Å². The number of carboxylic acid groups (broad SMARTS) is 1. The third-order valence-electron chi connectivity index (χ3n) is 4.96. The number of aromatic carboxylic acids is 1. The van der Waals surface area contributed by atoms with Crippen molar-refractivity contribution in [2.45, 2.75) is 27.2 Å². The molecule has 1 aromatic carbocycles. The van der Waals surface area contributed by atoms with Gasteiger partial charge < -0.3 is 15.2 Å². The van der Waals surface area contributed by atoms with Crippen molar-refractivity contribution in [3.05, 3.63) is 64.2 Å². The Morgan fingerprint density at radius 2 is 2.00 bits per heavy atom. The topological polar surface area (TPSA) is 84.3 Å². The number of ether oxygens (including phenoxy) is 1. The number of aromatic nitrogens is 2. The number of nitrogens with zero attached hydrogens (tertiary/aromatic N) is 2. The molecule has 0 saturated carbocycles. The number of halogens is 1. The minimum atomic E-state index is -1.08. The summed E-state index contributed by atoms with van der Waals surface area (Å²) < 4.78 is 19.1. The number of carboxylic acids is 1. The van der Waals surface area contributed by atoms with Gasteiger partial charge in [0.25, 0.3) is 0 Å². The van der Waals surface area contributed by atoms with Crippen LogP contribution >= 0.6 is 22.7 Å². The van der Waals surface area contributed by atoms with E-state index in [1.165, 1.54) is 35.8 Å². The molecule has 0 aliphatic rings. The van der Waals surface area contributed by atoms with Crippen LogP contribution in [-0.4, -0.2) is 28.2 Å². The highest BCUT2D eigenvalue weighted by atomic mass is 32.1. The van der Waals surface area contributed by atoms with E-state index in [1.54, 1.807) is 24.4 Å². The van der Waals surface area contributed by atoms with Gasteiger partial charge in [-0.15, -0.1) is 22.7 Å². The predicted octanol–water partition coefficient (Wildman–Crippen LogP) is 7.11. The van der Waals surface area contributed by atoms with Crippen molar-refractivity contribution >= 4 is 39.6 Å².